The van der Waals surface area contributed by atoms with Crippen LogP contribution in [0.5, 0.6) is 5.75 Å². The fourth-order valence-electron chi connectivity index (χ4n) is 3.44. The van der Waals surface area contributed by atoms with Gasteiger partial charge in [0.05, 0.1) is 12.8 Å². The van der Waals surface area contributed by atoms with Gasteiger partial charge < -0.3 is 19.9 Å². The number of carbonyl (C=O) groups is 1. The number of anilines is 1. The van der Waals surface area contributed by atoms with Gasteiger partial charge in [-0.3, -0.25) is 0 Å². The van der Waals surface area contributed by atoms with Crippen molar-refractivity contribution in [2.45, 2.75) is 19.8 Å². The van der Waals surface area contributed by atoms with Crippen LogP contribution in [0.4, 0.5) is 10.5 Å². The number of ether oxygens (including phenoxy) is 1. The number of nitrogens with one attached hydrogen (secondary N) is 1. The molecule has 0 atom stereocenters. The maximum Gasteiger partial charge on any atom is 0.317 e. The van der Waals surface area contributed by atoms with Crippen LogP contribution in [-0.4, -0.2) is 50.8 Å². The molecule has 2 aromatic rings. The molecule has 5 nitrogen and oxygen atoms in total. The van der Waals surface area contributed by atoms with Crippen LogP contribution in [0.25, 0.3) is 0 Å². The van der Waals surface area contributed by atoms with Crippen LogP contribution < -0.4 is 15.0 Å². The summed E-state index contributed by atoms with van der Waals surface area (Å²) in [6.07, 6.45) is 1.94. The van der Waals surface area contributed by atoms with Crippen LogP contribution in [0.15, 0.2) is 48.5 Å². The minimum atomic E-state index is 0.0407. The summed E-state index contributed by atoms with van der Waals surface area (Å²) >= 11 is 0. The molecule has 0 aromatic heterocycles. The van der Waals surface area contributed by atoms with Gasteiger partial charge in [0.15, 0.2) is 0 Å². The van der Waals surface area contributed by atoms with E-state index in [-0.39, 0.29) is 6.03 Å². The van der Waals surface area contributed by atoms with Gasteiger partial charge in [0.25, 0.3) is 0 Å². The van der Waals surface area contributed by atoms with Gasteiger partial charge in [-0.2, -0.15) is 0 Å². The fraction of sp³-hybridized carbons (Fsp3) is 0.409. The zero-order valence-electron chi connectivity index (χ0n) is 16.3. The van der Waals surface area contributed by atoms with E-state index < -0.39 is 0 Å². The lowest BCUT2D eigenvalue weighted by atomic mass is 10.1. The lowest BCUT2D eigenvalue weighted by Gasteiger charge is -2.36. The molecule has 0 unspecified atom stereocenters. The second-order valence-electron chi connectivity index (χ2n) is 6.97. The Balaban J connectivity index is 1.43. The number of nitrogens with zero attached hydrogens (tertiary/aromatic N) is 2. The summed E-state index contributed by atoms with van der Waals surface area (Å²) in [6, 6.07) is 16.6. The van der Waals surface area contributed by atoms with Gasteiger partial charge in [-0.05, 0) is 43.0 Å². The Morgan fingerprint density at radius 1 is 1.07 bits per heavy atom. The fourth-order valence-corrected chi connectivity index (χ4v) is 3.44. The smallest absolute Gasteiger partial charge is 0.317 e. The van der Waals surface area contributed by atoms with Gasteiger partial charge in [0.1, 0.15) is 5.75 Å². The average Bonchev–Trinajstić information content (AvgIpc) is 2.72. The minimum Gasteiger partial charge on any atom is -0.495 e. The van der Waals surface area contributed by atoms with Crippen molar-refractivity contribution in [2.75, 3.05) is 44.7 Å². The third-order valence-corrected chi connectivity index (χ3v) is 5.00. The van der Waals surface area contributed by atoms with Gasteiger partial charge >= 0.3 is 6.03 Å². The third-order valence-electron chi connectivity index (χ3n) is 5.00. The first-order chi connectivity index (χ1) is 13.2. The molecule has 144 valence electrons. The molecular weight excluding hydrogens is 338 g/mol. The lowest BCUT2D eigenvalue weighted by molar-refractivity contribution is 0.194. The second kappa shape index (κ2) is 9.31. The van der Waals surface area contributed by atoms with E-state index in [2.05, 4.69) is 53.5 Å². The Bertz CT molecular complexity index is 740. The largest absolute Gasteiger partial charge is 0.495 e. The van der Waals surface area contributed by atoms with Crippen molar-refractivity contribution < 1.29 is 9.53 Å². The highest BCUT2D eigenvalue weighted by molar-refractivity contribution is 5.74. The molecule has 0 aliphatic carbocycles. The highest BCUT2D eigenvalue weighted by atomic mass is 16.5. The summed E-state index contributed by atoms with van der Waals surface area (Å²) in [6.45, 7) is 5.87. The average molecular weight is 367 g/mol. The standard InChI is InChI=1S/C22H29N3O2/c1-18-10-11-21(27-2)20(17-18)24-13-15-25(16-14-24)22(26)23-12-6-9-19-7-4-3-5-8-19/h3-5,7-8,10-11,17H,6,9,12-16H2,1-2H3,(H,23,26). The van der Waals surface area contributed by atoms with Crippen LogP contribution in [0.2, 0.25) is 0 Å². The predicted octanol–water partition coefficient (Wildman–Crippen LogP) is 3.47. The molecule has 27 heavy (non-hydrogen) atoms. The lowest BCUT2D eigenvalue weighted by Crippen LogP contribution is -2.52. The molecule has 3 rings (SSSR count). The maximum absolute atomic E-state index is 12.4. The normalized spacial score (nSPS) is 14.1. The van der Waals surface area contributed by atoms with E-state index in [1.807, 2.05) is 17.0 Å². The molecule has 0 radical (unpaired) electrons. The highest BCUT2D eigenvalue weighted by Crippen LogP contribution is 2.29. The number of piperazine rings is 1. The van der Waals surface area contributed by atoms with E-state index in [4.69, 9.17) is 4.74 Å². The molecule has 1 fully saturated rings. The van der Waals surface area contributed by atoms with Crippen LogP contribution in [-0.2, 0) is 6.42 Å². The Labute approximate surface area is 161 Å². The van der Waals surface area contributed by atoms with E-state index in [1.165, 1.54) is 11.1 Å². The number of rotatable bonds is 6. The molecule has 1 N–H and O–H groups in total. The number of hydrogen-bond donors (Lipinski definition) is 1. The molecule has 2 aromatic carbocycles. The summed E-state index contributed by atoms with van der Waals surface area (Å²) in [5.74, 6) is 0.888. The molecule has 1 heterocycles. The number of urea groups is 1. The van der Waals surface area contributed by atoms with Crippen LogP contribution in [0.3, 0.4) is 0 Å². The highest BCUT2D eigenvalue weighted by Gasteiger charge is 2.22. The van der Waals surface area contributed by atoms with Crippen molar-refractivity contribution in [3.63, 3.8) is 0 Å². The maximum atomic E-state index is 12.4. The SMILES string of the molecule is COc1ccc(C)cc1N1CCN(C(=O)NCCCc2ccccc2)CC1. The second-order valence-corrected chi connectivity index (χ2v) is 6.97. The Morgan fingerprint density at radius 3 is 2.52 bits per heavy atom. The molecule has 1 aliphatic heterocycles. The first-order valence-corrected chi connectivity index (χ1v) is 9.63. The van der Waals surface area contributed by atoms with E-state index in [1.54, 1.807) is 7.11 Å². The predicted molar refractivity (Wildman–Crippen MR) is 110 cm³/mol. The Kier molecular flexibility index (Phi) is 6.58. The van der Waals surface area contributed by atoms with Gasteiger partial charge in [-0.1, -0.05) is 36.4 Å². The molecular formula is C22H29N3O2. The Morgan fingerprint density at radius 2 is 1.81 bits per heavy atom. The van der Waals surface area contributed by atoms with Crippen molar-refractivity contribution in [1.29, 1.82) is 0 Å². The number of hydrogen-bond acceptors (Lipinski definition) is 3. The summed E-state index contributed by atoms with van der Waals surface area (Å²) in [7, 11) is 1.70. The van der Waals surface area contributed by atoms with E-state index in [0.29, 0.717) is 6.54 Å². The zero-order chi connectivity index (χ0) is 19.1. The summed E-state index contributed by atoms with van der Waals surface area (Å²) < 4.78 is 5.50. The van der Waals surface area contributed by atoms with Crippen molar-refractivity contribution in [1.82, 2.24) is 10.2 Å². The van der Waals surface area contributed by atoms with Crippen molar-refractivity contribution >= 4 is 11.7 Å². The van der Waals surface area contributed by atoms with Gasteiger partial charge in [0.2, 0.25) is 0 Å². The van der Waals surface area contributed by atoms with E-state index in [9.17, 15) is 4.79 Å². The topological polar surface area (TPSA) is 44.8 Å². The number of methoxy groups -OCH3 is 1. The first kappa shape index (κ1) is 19.1. The molecule has 1 aliphatic rings. The molecule has 1 saturated heterocycles. The van der Waals surface area contributed by atoms with Crippen LogP contribution in [0.1, 0.15) is 17.5 Å². The molecule has 5 heteroatoms. The van der Waals surface area contributed by atoms with E-state index in [0.717, 1.165) is 50.5 Å². The zero-order valence-corrected chi connectivity index (χ0v) is 16.3. The summed E-state index contributed by atoms with van der Waals surface area (Å²) in [5, 5.41) is 3.05. The molecule has 2 amide bonds. The molecule has 0 spiro atoms. The van der Waals surface area contributed by atoms with Crippen molar-refractivity contribution in [3.05, 3.63) is 59.7 Å². The molecule has 0 bridgehead atoms. The number of carbonyl (C=O) groups excluding carboxylic acids is 1. The van der Waals surface area contributed by atoms with Gasteiger partial charge in [-0.25, -0.2) is 4.79 Å². The Hall–Kier alpha value is -2.69. The minimum absolute atomic E-state index is 0.0407. The number of amides is 2. The summed E-state index contributed by atoms with van der Waals surface area (Å²) in [5.41, 5.74) is 3.64. The summed E-state index contributed by atoms with van der Waals surface area (Å²) in [4.78, 5) is 16.6. The quantitative estimate of drug-likeness (QED) is 0.795. The molecule has 0 saturated carbocycles. The van der Waals surface area contributed by atoms with Crippen molar-refractivity contribution in [3.8, 4) is 5.75 Å². The van der Waals surface area contributed by atoms with Gasteiger partial charge in [0, 0.05) is 32.7 Å². The first-order valence-electron chi connectivity index (χ1n) is 9.63. The number of benzene rings is 2. The van der Waals surface area contributed by atoms with E-state index >= 15 is 0 Å². The van der Waals surface area contributed by atoms with Crippen molar-refractivity contribution in [2.24, 2.45) is 0 Å². The van der Waals surface area contributed by atoms with Gasteiger partial charge in [-0.15, -0.1) is 0 Å². The monoisotopic (exact) mass is 367 g/mol. The third kappa shape index (κ3) is 5.16. The van der Waals surface area contributed by atoms with Crippen LogP contribution >= 0.6 is 0 Å². The number of aryl methyl sites for hydroxylation is 2. The van der Waals surface area contributed by atoms with Crippen LogP contribution in [0, 0.1) is 6.92 Å².